The minimum Gasteiger partial charge on any atom is -0.362 e. The molecule has 3 rings (SSSR count). The molecule has 0 saturated heterocycles. The molecule has 0 radical (unpaired) electrons. The van der Waals surface area contributed by atoms with Gasteiger partial charge in [0.1, 0.15) is 5.82 Å². The molecule has 0 spiro atoms. The van der Waals surface area contributed by atoms with E-state index in [0.717, 1.165) is 24.2 Å². The van der Waals surface area contributed by atoms with Crippen LogP contribution in [0.15, 0.2) is 18.3 Å². The number of rotatable bonds is 4. The molecule has 2 aliphatic rings. The SMILES string of the molecule is CN(C)c1ncccc1CNC(=O)C1CC2CCCC(C1)C2N.Cl.Cl. The van der Waals surface area contributed by atoms with E-state index in [0.29, 0.717) is 24.4 Å². The van der Waals surface area contributed by atoms with Crippen LogP contribution in [0.1, 0.15) is 37.7 Å². The first-order valence-electron chi connectivity index (χ1n) is 8.70. The lowest BCUT2D eigenvalue weighted by atomic mass is 9.65. The molecule has 2 aliphatic carbocycles. The zero-order valence-corrected chi connectivity index (χ0v) is 16.6. The lowest BCUT2D eigenvalue weighted by molar-refractivity contribution is -0.128. The van der Waals surface area contributed by atoms with Gasteiger partial charge >= 0.3 is 0 Å². The second-order valence-corrected chi connectivity index (χ2v) is 7.30. The van der Waals surface area contributed by atoms with E-state index in [-0.39, 0.29) is 36.6 Å². The number of hydrogen-bond donors (Lipinski definition) is 2. The fraction of sp³-hybridized carbons (Fsp3) is 0.667. The average molecular weight is 389 g/mol. The molecule has 1 heterocycles. The highest BCUT2D eigenvalue weighted by Gasteiger charge is 2.40. The van der Waals surface area contributed by atoms with Crippen molar-refractivity contribution in [1.29, 1.82) is 0 Å². The normalized spacial score (nSPS) is 27.5. The Morgan fingerprint density at radius 1 is 1.28 bits per heavy atom. The van der Waals surface area contributed by atoms with Gasteiger partial charge in [-0.3, -0.25) is 4.79 Å². The molecule has 25 heavy (non-hydrogen) atoms. The van der Waals surface area contributed by atoms with E-state index in [1.807, 2.05) is 31.1 Å². The minimum absolute atomic E-state index is 0. The highest BCUT2D eigenvalue weighted by molar-refractivity contribution is 5.85. The van der Waals surface area contributed by atoms with E-state index in [9.17, 15) is 4.79 Å². The molecule has 2 fully saturated rings. The van der Waals surface area contributed by atoms with Gasteiger partial charge in [-0.25, -0.2) is 4.98 Å². The van der Waals surface area contributed by atoms with Gasteiger partial charge in [0.15, 0.2) is 0 Å². The van der Waals surface area contributed by atoms with Crippen molar-refractivity contribution in [3.8, 4) is 0 Å². The summed E-state index contributed by atoms with van der Waals surface area (Å²) in [5, 5.41) is 3.12. The summed E-state index contributed by atoms with van der Waals surface area (Å²) < 4.78 is 0. The summed E-state index contributed by atoms with van der Waals surface area (Å²) in [6.07, 6.45) is 7.35. The maximum atomic E-state index is 12.6. The van der Waals surface area contributed by atoms with Gasteiger partial charge in [-0.1, -0.05) is 12.5 Å². The summed E-state index contributed by atoms with van der Waals surface area (Å²) in [5.74, 6) is 2.30. The van der Waals surface area contributed by atoms with Crippen LogP contribution in [0.5, 0.6) is 0 Å². The Labute approximate surface area is 163 Å². The Balaban J connectivity index is 0.00000156. The maximum absolute atomic E-state index is 12.6. The second kappa shape index (κ2) is 9.60. The molecule has 1 amide bonds. The number of hydrogen-bond acceptors (Lipinski definition) is 4. The minimum atomic E-state index is 0. The lowest BCUT2D eigenvalue weighted by Crippen LogP contribution is -2.49. The highest BCUT2D eigenvalue weighted by atomic mass is 35.5. The van der Waals surface area contributed by atoms with Gasteiger partial charge in [-0.2, -0.15) is 0 Å². The Morgan fingerprint density at radius 2 is 1.92 bits per heavy atom. The number of carbonyl (C=O) groups excluding carboxylic acids is 1. The van der Waals surface area contributed by atoms with Crippen molar-refractivity contribution in [2.45, 2.75) is 44.7 Å². The molecule has 1 aromatic heterocycles. The van der Waals surface area contributed by atoms with E-state index in [4.69, 9.17) is 5.73 Å². The molecule has 2 atom stereocenters. The van der Waals surface area contributed by atoms with Crippen LogP contribution >= 0.6 is 24.8 Å². The topological polar surface area (TPSA) is 71.2 Å². The molecular weight excluding hydrogens is 359 g/mol. The third-order valence-corrected chi connectivity index (χ3v) is 5.53. The number of fused-ring (bicyclic) bond motifs is 2. The number of amides is 1. The van der Waals surface area contributed by atoms with Crippen molar-refractivity contribution in [3.05, 3.63) is 23.9 Å². The highest BCUT2D eigenvalue weighted by Crippen LogP contribution is 2.41. The van der Waals surface area contributed by atoms with E-state index < -0.39 is 0 Å². The number of aromatic nitrogens is 1. The van der Waals surface area contributed by atoms with E-state index >= 15 is 0 Å². The van der Waals surface area contributed by atoms with Crippen LogP contribution in [0.25, 0.3) is 0 Å². The van der Waals surface area contributed by atoms with Crippen LogP contribution in [0, 0.1) is 17.8 Å². The Kier molecular flexibility index (Phi) is 8.45. The lowest BCUT2D eigenvalue weighted by Gasteiger charge is -2.43. The van der Waals surface area contributed by atoms with Crippen LogP contribution in [0.4, 0.5) is 5.82 Å². The number of nitrogens with two attached hydrogens (primary N) is 1. The average Bonchev–Trinajstić information content (AvgIpc) is 2.52. The number of pyridine rings is 1. The number of anilines is 1. The Morgan fingerprint density at radius 3 is 2.52 bits per heavy atom. The predicted molar refractivity (Wildman–Crippen MR) is 106 cm³/mol. The zero-order valence-electron chi connectivity index (χ0n) is 15.0. The first-order valence-corrected chi connectivity index (χ1v) is 8.70. The van der Waals surface area contributed by atoms with Crippen LogP contribution in [0.2, 0.25) is 0 Å². The summed E-state index contributed by atoms with van der Waals surface area (Å²) in [6, 6.07) is 4.25. The van der Waals surface area contributed by atoms with Crippen molar-refractivity contribution in [2.75, 3.05) is 19.0 Å². The second-order valence-electron chi connectivity index (χ2n) is 7.30. The smallest absolute Gasteiger partial charge is 0.223 e. The predicted octanol–water partition coefficient (Wildman–Crippen LogP) is 2.76. The van der Waals surface area contributed by atoms with Crippen LogP contribution < -0.4 is 16.0 Å². The quantitative estimate of drug-likeness (QED) is 0.831. The van der Waals surface area contributed by atoms with Gasteiger partial charge < -0.3 is 16.0 Å². The fourth-order valence-electron chi connectivity index (χ4n) is 4.30. The van der Waals surface area contributed by atoms with E-state index in [1.165, 1.54) is 19.3 Å². The molecule has 3 N–H and O–H groups in total. The summed E-state index contributed by atoms with van der Waals surface area (Å²) in [4.78, 5) is 19.0. The summed E-state index contributed by atoms with van der Waals surface area (Å²) in [5.41, 5.74) is 7.37. The molecule has 2 bridgehead atoms. The molecule has 2 unspecified atom stereocenters. The molecular formula is C18H30Cl2N4O. The molecule has 1 aromatic rings. The first-order chi connectivity index (χ1) is 11.1. The fourth-order valence-corrected chi connectivity index (χ4v) is 4.30. The van der Waals surface area contributed by atoms with Gasteiger partial charge in [-0.05, 0) is 43.6 Å². The van der Waals surface area contributed by atoms with Gasteiger partial charge in [0, 0.05) is 44.4 Å². The summed E-state index contributed by atoms with van der Waals surface area (Å²) in [6.45, 7) is 0.540. The van der Waals surface area contributed by atoms with Gasteiger partial charge in [0.2, 0.25) is 5.91 Å². The summed E-state index contributed by atoms with van der Waals surface area (Å²) in [7, 11) is 3.94. The summed E-state index contributed by atoms with van der Waals surface area (Å²) >= 11 is 0. The largest absolute Gasteiger partial charge is 0.362 e. The zero-order chi connectivity index (χ0) is 16.4. The molecule has 142 valence electrons. The van der Waals surface area contributed by atoms with Gasteiger partial charge in [-0.15, -0.1) is 24.8 Å². The number of nitrogens with zero attached hydrogens (tertiary/aromatic N) is 2. The number of carbonyl (C=O) groups is 1. The Bertz CT molecular complexity index is 556. The molecule has 0 aromatic carbocycles. The first kappa shape index (κ1) is 22.0. The van der Waals surface area contributed by atoms with Crippen LogP contribution in [-0.2, 0) is 11.3 Å². The van der Waals surface area contributed by atoms with Crippen molar-refractivity contribution < 1.29 is 4.79 Å². The molecule has 5 nitrogen and oxygen atoms in total. The van der Waals surface area contributed by atoms with Gasteiger partial charge in [0.05, 0.1) is 0 Å². The van der Waals surface area contributed by atoms with E-state index in [2.05, 4.69) is 10.3 Å². The third kappa shape index (κ3) is 4.99. The van der Waals surface area contributed by atoms with Crippen molar-refractivity contribution >= 4 is 36.5 Å². The Hall–Kier alpha value is -1.04. The third-order valence-electron chi connectivity index (χ3n) is 5.53. The van der Waals surface area contributed by atoms with E-state index in [1.54, 1.807) is 6.20 Å². The van der Waals surface area contributed by atoms with Crippen LogP contribution in [-0.4, -0.2) is 31.0 Å². The maximum Gasteiger partial charge on any atom is 0.223 e. The van der Waals surface area contributed by atoms with Crippen molar-refractivity contribution in [1.82, 2.24) is 10.3 Å². The monoisotopic (exact) mass is 388 g/mol. The van der Waals surface area contributed by atoms with Crippen molar-refractivity contribution in [3.63, 3.8) is 0 Å². The van der Waals surface area contributed by atoms with Crippen LogP contribution in [0.3, 0.4) is 0 Å². The standard InChI is InChI=1S/C18H28N4O.2ClH/c1-22(2)17-14(7-4-8-20-17)11-21-18(23)15-9-12-5-3-6-13(10-15)16(12)19;;/h4,7-8,12-13,15-16H,3,5-6,9-11,19H2,1-2H3,(H,21,23);2*1H. The molecule has 7 heteroatoms. The number of nitrogens with one attached hydrogen (secondary N) is 1. The molecule has 2 saturated carbocycles. The van der Waals surface area contributed by atoms with Gasteiger partial charge in [0.25, 0.3) is 0 Å². The molecule has 0 aliphatic heterocycles. The van der Waals surface area contributed by atoms with Crippen molar-refractivity contribution in [2.24, 2.45) is 23.5 Å². The number of halogens is 2.